The Hall–Kier alpha value is -0.870. The highest BCUT2D eigenvalue weighted by molar-refractivity contribution is 5.80. The van der Waals surface area contributed by atoms with Gasteiger partial charge in [-0.2, -0.15) is 0 Å². The minimum absolute atomic E-state index is 0.157. The molecule has 1 saturated carbocycles. The number of rotatable bonds is 6. The molecule has 0 aliphatic heterocycles. The number of carbonyl (C=O) groups is 1. The lowest BCUT2D eigenvalue weighted by Gasteiger charge is -2.30. The van der Waals surface area contributed by atoms with Crippen LogP contribution >= 0.6 is 0 Å². The zero-order valence-electron chi connectivity index (χ0n) is 12.9. The van der Waals surface area contributed by atoms with Crippen molar-refractivity contribution in [1.29, 1.82) is 0 Å². The lowest BCUT2D eigenvalue weighted by molar-refractivity contribution is -0.130. The molecule has 0 heterocycles. The summed E-state index contributed by atoms with van der Waals surface area (Å²) < 4.78 is 0. The first kappa shape index (κ1) is 15.5. The van der Waals surface area contributed by atoms with E-state index >= 15 is 0 Å². The average Bonchev–Trinajstić information content (AvgIpc) is 3.01. The second kappa shape index (κ2) is 6.72. The van der Waals surface area contributed by atoms with Crippen LogP contribution in [0.1, 0.15) is 51.9 Å². The highest BCUT2D eigenvalue weighted by Crippen LogP contribution is 2.30. The molecule has 114 valence electrons. The van der Waals surface area contributed by atoms with Gasteiger partial charge in [0.15, 0.2) is 0 Å². The van der Waals surface area contributed by atoms with Crippen LogP contribution < -0.4 is 0 Å². The fourth-order valence-electron chi connectivity index (χ4n) is 3.50. The van der Waals surface area contributed by atoms with Gasteiger partial charge in [0.2, 0.25) is 5.91 Å². The summed E-state index contributed by atoms with van der Waals surface area (Å²) in [4.78, 5) is 16.3. The molecule has 0 unspecified atom stereocenters. The highest BCUT2D eigenvalue weighted by Gasteiger charge is 2.33. The van der Waals surface area contributed by atoms with E-state index < -0.39 is 5.60 Å². The van der Waals surface area contributed by atoms with Crippen molar-refractivity contribution >= 4 is 5.91 Å². The van der Waals surface area contributed by atoms with E-state index in [1.54, 1.807) is 0 Å². The molecule has 0 bridgehead atoms. The van der Waals surface area contributed by atoms with Gasteiger partial charge >= 0.3 is 0 Å². The van der Waals surface area contributed by atoms with Crippen molar-refractivity contribution in [2.45, 2.75) is 57.5 Å². The zero-order chi connectivity index (χ0) is 14.6. The van der Waals surface area contributed by atoms with Gasteiger partial charge < -0.3 is 10.0 Å². The molecule has 0 aromatic rings. The van der Waals surface area contributed by atoms with E-state index in [-0.39, 0.29) is 5.91 Å². The molecule has 2 aliphatic rings. The lowest BCUT2D eigenvalue weighted by Crippen LogP contribution is -2.44. The van der Waals surface area contributed by atoms with Crippen LogP contribution in [0.25, 0.3) is 0 Å². The van der Waals surface area contributed by atoms with Crippen LogP contribution in [0.3, 0.4) is 0 Å². The molecule has 0 aromatic carbocycles. The molecule has 1 fully saturated rings. The molecule has 20 heavy (non-hydrogen) atoms. The molecule has 2 rings (SSSR count). The van der Waals surface area contributed by atoms with E-state index in [0.29, 0.717) is 13.1 Å². The first-order valence-corrected chi connectivity index (χ1v) is 7.94. The Morgan fingerprint density at radius 3 is 2.60 bits per heavy atom. The number of allylic oxidation sites excluding steroid dienone is 2. The summed E-state index contributed by atoms with van der Waals surface area (Å²) in [5.74, 6) is 0.157. The lowest BCUT2D eigenvalue weighted by atomic mass is 10.0. The van der Waals surface area contributed by atoms with Gasteiger partial charge in [-0.25, -0.2) is 0 Å². The Kier molecular flexibility index (Phi) is 5.22. The number of aliphatic hydroxyl groups is 1. The third kappa shape index (κ3) is 3.83. The van der Waals surface area contributed by atoms with Crippen molar-refractivity contribution in [3.05, 3.63) is 11.8 Å². The number of likely N-dealkylation sites (N-methyl/N-ethyl adjacent to an activating group) is 2. The van der Waals surface area contributed by atoms with Gasteiger partial charge in [-0.05, 0) is 46.1 Å². The molecule has 0 atom stereocenters. The maximum atomic E-state index is 12.4. The standard InChI is InChI=1S/C16H28N2O2/c1-3-18(14-8-4-5-9-14)15(19)12-17(2)13-16(20)10-6-7-11-16/h8,20H,3-7,9-13H2,1-2H3. The summed E-state index contributed by atoms with van der Waals surface area (Å²) in [7, 11) is 1.94. The van der Waals surface area contributed by atoms with Gasteiger partial charge in [-0.1, -0.05) is 18.9 Å². The van der Waals surface area contributed by atoms with Crippen LogP contribution in [0.5, 0.6) is 0 Å². The van der Waals surface area contributed by atoms with Crippen LogP contribution in [-0.4, -0.2) is 53.1 Å². The van der Waals surface area contributed by atoms with E-state index in [1.165, 1.54) is 5.70 Å². The topological polar surface area (TPSA) is 43.8 Å². The molecule has 2 aliphatic carbocycles. The van der Waals surface area contributed by atoms with Gasteiger partial charge in [0, 0.05) is 18.8 Å². The maximum Gasteiger partial charge on any atom is 0.240 e. The number of amides is 1. The molecule has 0 aromatic heterocycles. The largest absolute Gasteiger partial charge is 0.389 e. The fraction of sp³-hybridized carbons (Fsp3) is 0.812. The summed E-state index contributed by atoms with van der Waals surface area (Å²) in [5.41, 5.74) is 0.615. The van der Waals surface area contributed by atoms with E-state index in [0.717, 1.165) is 51.5 Å². The van der Waals surface area contributed by atoms with E-state index in [9.17, 15) is 9.90 Å². The smallest absolute Gasteiger partial charge is 0.240 e. The summed E-state index contributed by atoms with van der Waals surface area (Å²) in [6.45, 7) is 3.77. The second-order valence-electron chi connectivity index (χ2n) is 6.33. The number of nitrogens with zero attached hydrogens (tertiary/aromatic N) is 2. The third-order valence-electron chi connectivity index (χ3n) is 4.48. The average molecular weight is 280 g/mol. The van der Waals surface area contributed by atoms with E-state index in [4.69, 9.17) is 0 Å². The summed E-state index contributed by atoms with van der Waals surface area (Å²) in [5, 5.41) is 10.4. The molecule has 0 spiro atoms. The van der Waals surface area contributed by atoms with Crippen molar-refractivity contribution in [3.8, 4) is 0 Å². The van der Waals surface area contributed by atoms with E-state index in [2.05, 4.69) is 6.08 Å². The molecule has 0 saturated heterocycles. The Morgan fingerprint density at radius 2 is 2.05 bits per heavy atom. The Balaban J connectivity index is 1.86. The number of hydrogen-bond donors (Lipinski definition) is 1. The minimum Gasteiger partial charge on any atom is -0.389 e. The van der Waals surface area contributed by atoms with Crippen LogP contribution in [-0.2, 0) is 4.79 Å². The third-order valence-corrected chi connectivity index (χ3v) is 4.48. The monoisotopic (exact) mass is 280 g/mol. The molecule has 0 radical (unpaired) electrons. The van der Waals surface area contributed by atoms with Crippen LogP contribution in [0.15, 0.2) is 11.8 Å². The SMILES string of the molecule is CCN(C(=O)CN(C)CC1(O)CCCC1)C1=CCCC1. The first-order chi connectivity index (χ1) is 9.54. The van der Waals surface area contributed by atoms with Gasteiger partial charge in [0.25, 0.3) is 0 Å². The maximum absolute atomic E-state index is 12.4. The Bertz CT molecular complexity index is 373. The molecular weight excluding hydrogens is 252 g/mol. The predicted molar refractivity (Wildman–Crippen MR) is 80.2 cm³/mol. The van der Waals surface area contributed by atoms with Crippen LogP contribution in [0, 0.1) is 0 Å². The molecule has 4 heteroatoms. The molecule has 1 amide bonds. The fourth-order valence-corrected chi connectivity index (χ4v) is 3.50. The number of hydrogen-bond acceptors (Lipinski definition) is 3. The van der Waals surface area contributed by atoms with Gasteiger partial charge in [-0.15, -0.1) is 0 Å². The van der Waals surface area contributed by atoms with Crippen molar-refractivity contribution in [1.82, 2.24) is 9.80 Å². The first-order valence-electron chi connectivity index (χ1n) is 7.94. The Morgan fingerprint density at radius 1 is 1.35 bits per heavy atom. The number of carbonyl (C=O) groups excluding carboxylic acids is 1. The quantitative estimate of drug-likeness (QED) is 0.810. The summed E-state index contributed by atoms with van der Waals surface area (Å²) in [6, 6.07) is 0. The van der Waals surface area contributed by atoms with Gasteiger partial charge in [-0.3, -0.25) is 9.69 Å². The normalized spacial score (nSPS) is 21.3. The Labute approximate surface area is 122 Å². The van der Waals surface area contributed by atoms with Crippen molar-refractivity contribution in [3.63, 3.8) is 0 Å². The molecular formula is C16H28N2O2. The van der Waals surface area contributed by atoms with Gasteiger partial charge in [0.05, 0.1) is 12.1 Å². The van der Waals surface area contributed by atoms with Crippen molar-refractivity contribution in [2.24, 2.45) is 0 Å². The van der Waals surface area contributed by atoms with E-state index in [1.807, 2.05) is 23.8 Å². The second-order valence-corrected chi connectivity index (χ2v) is 6.33. The molecule has 4 nitrogen and oxygen atoms in total. The highest BCUT2D eigenvalue weighted by atomic mass is 16.3. The van der Waals surface area contributed by atoms with Gasteiger partial charge in [0.1, 0.15) is 0 Å². The minimum atomic E-state index is -0.571. The van der Waals surface area contributed by atoms with Crippen LogP contribution in [0.4, 0.5) is 0 Å². The summed E-state index contributed by atoms with van der Waals surface area (Å²) >= 11 is 0. The zero-order valence-corrected chi connectivity index (χ0v) is 12.9. The van der Waals surface area contributed by atoms with Crippen LogP contribution in [0.2, 0.25) is 0 Å². The molecule has 1 N–H and O–H groups in total. The van der Waals surface area contributed by atoms with Crippen molar-refractivity contribution in [2.75, 3.05) is 26.7 Å². The van der Waals surface area contributed by atoms with Crippen molar-refractivity contribution < 1.29 is 9.90 Å². The predicted octanol–water partition coefficient (Wildman–Crippen LogP) is 2.14. The summed E-state index contributed by atoms with van der Waals surface area (Å²) in [6.07, 6.45) is 9.41.